The number of fused-ring (bicyclic) bond motifs is 1. The number of pyridine rings is 1. The molecule has 2 rings (SSSR count). The summed E-state index contributed by atoms with van der Waals surface area (Å²) in [5.74, 6) is 2.67. The maximum Gasteiger partial charge on any atom is 0.243 e. The predicted molar refractivity (Wildman–Crippen MR) is 79.4 cm³/mol. The molecule has 2 aromatic rings. The number of hydrogen-bond donors (Lipinski definition) is 1. The highest BCUT2D eigenvalue weighted by Crippen LogP contribution is 2.20. The van der Waals surface area contributed by atoms with Gasteiger partial charge in [-0.25, -0.2) is 4.52 Å². The van der Waals surface area contributed by atoms with E-state index in [1.807, 2.05) is 16.8 Å². The number of hydrogen-bond acceptors (Lipinski definition) is 3. The average molecular weight is 260 g/mol. The fraction of sp³-hybridized carbons (Fsp3) is 0.600. The smallest absolute Gasteiger partial charge is 0.243 e. The van der Waals surface area contributed by atoms with E-state index in [2.05, 4.69) is 56.1 Å². The second kappa shape index (κ2) is 5.59. The van der Waals surface area contributed by atoms with Gasteiger partial charge in [-0.05, 0) is 36.3 Å². The lowest BCUT2D eigenvalue weighted by atomic mass is 9.85. The molecule has 19 heavy (non-hydrogen) atoms. The van der Waals surface area contributed by atoms with E-state index in [1.54, 1.807) is 0 Å². The molecule has 0 aromatic carbocycles. The van der Waals surface area contributed by atoms with Crippen LogP contribution in [0.5, 0.6) is 0 Å². The summed E-state index contributed by atoms with van der Waals surface area (Å²) in [6, 6.07) is 4.05. The largest absolute Gasteiger partial charge is 0.353 e. The summed E-state index contributed by atoms with van der Waals surface area (Å²) >= 11 is 0. The fourth-order valence-corrected chi connectivity index (χ4v) is 2.51. The topological polar surface area (TPSA) is 42.2 Å². The Hall–Kier alpha value is -1.58. The van der Waals surface area contributed by atoms with Crippen molar-refractivity contribution in [2.24, 2.45) is 17.8 Å². The molecule has 0 amide bonds. The summed E-state index contributed by atoms with van der Waals surface area (Å²) in [6.45, 7) is 12.1. The monoisotopic (exact) mass is 260 g/mol. The van der Waals surface area contributed by atoms with Crippen LogP contribution < -0.4 is 5.32 Å². The van der Waals surface area contributed by atoms with Crippen LogP contribution in [0.25, 0.3) is 5.65 Å². The van der Waals surface area contributed by atoms with Crippen molar-refractivity contribution in [3.05, 3.63) is 23.9 Å². The average Bonchev–Trinajstić information content (AvgIpc) is 2.70. The van der Waals surface area contributed by atoms with Gasteiger partial charge in [0.15, 0.2) is 5.65 Å². The quantitative estimate of drug-likeness (QED) is 0.896. The van der Waals surface area contributed by atoms with Crippen molar-refractivity contribution in [3.8, 4) is 0 Å². The van der Waals surface area contributed by atoms with Crippen LogP contribution >= 0.6 is 0 Å². The number of nitrogens with zero attached hydrogens (tertiary/aromatic N) is 3. The zero-order valence-electron chi connectivity index (χ0n) is 12.5. The van der Waals surface area contributed by atoms with Crippen LogP contribution in [-0.4, -0.2) is 21.1 Å². The highest BCUT2D eigenvalue weighted by atomic mass is 15.3. The van der Waals surface area contributed by atoms with Gasteiger partial charge in [0.25, 0.3) is 0 Å². The van der Waals surface area contributed by atoms with Gasteiger partial charge < -0.3 is 5.32 Å². The predicted octanol–water partition coefficient (Wildman–Crippen LogP) is 3.38. The highest BCUT2D eigenvalue weighted by Gasteiger charge is 2.17. The van der Waals surface area contributed by atoms with Gasteiger partial charge >= 0.3 is 0 Å². The van der Waals surface area contributed by atoms with Crippen molar-refractivity contribution >= 4 is 11.6 Å². The Kier molecular flexibility index (Phi) is 4.08. The second-order valence-electron chi connectivity index (χ2n) is 5.98. The maximum atomic E-state index is 4.49. The molecule has 0 spiro atoms. The molecule has 4 nitrogen and oxygen atoms in total. The molecule has 0 atom stereocenters. The van der Waals surface area contributed by atoms with Crippen molar-refractivity contribution in [1.82, 2.24) is 14.6 Å². The molecule has 0 saturated carbocycles. The van der Waals surface area contributed by atoms with Crippen molar-refractivity contribution < 1.29 is 0 Å². The van der Waals surface area contributed by atoms with E-state index in [0.717, 1.165) is 18.1 Å². The van der Waals surface area contributed by atoms with Gasteiger partial charge in [-0.15, -0.1) is 5.10 Å². The van der Waals surface area contributed by atoms with E-state index in [4.69, 9.17) is 0 Å². The fourth-order valence-electron chi connectivity index (χ4n) is 2.51. The third-order valence-electron chi connectivity index (χ3n) is 3.69. The number of aromatic nitrogens is 3. The molecule has 104 valence electrons. The van der Waals surface area contributed by atoms with Crippen LogP contribution in [0.15, 0.2) is 18.3 Å². The summed E-state index contributed by atoms with van der Waals surface area (Å²) < 4.78 is 1.83. The minimum Gasteiger partial charge on any atom is -0.353 e. The molecule has 0 unspecified atom stereocenters. The van der Waals surface area contributed by atoms with Crippen LogP contribution in [0.4, 0.5) is 5.95 Å². The molecule has 0 aliphatic carbocycles. The Morgan fingerprint density at radius 1 is 1.16 bits per heavy atom. The first-order valence-electron chi connectivity index (χ1n) is 7.04. The molecule has 0 radical (unpaired) electrons. The molecule has 0 saturated heterocycles. The summed E-state index contributed by atoms with van der Waals surface area (Å²) in [6.07, 6.45) is 2.00. The van der Waals surface area contributed by atoms with E-state index in [1.165, 1.54) is 5.56 Å². The van der Waals surface area contributed by atoms with Gasteiger partial charge in [0.05, 0.1) is 0 Å². The van der Waals surface area contributed by atoms with Gasteiger partial charge in [0.1, 0.15) is 0 Å². The Morgan fingerprint density at radius 2 is 1.84 bits per heavy atom. The van der Waals surface area contributed by atoms with Gasteiger partial charge in [-0.3, -0.25) is 0 Å². The number of aryl methyl sites for hydroxylation is 1. The standard InChI is InChI=1S/C15H24N4/c1-10(2)13(11(3)4)8-16-15-17-14-7-6-12(5)9-19(14)18-15/h6-7,9-11,13H,8H2,1-5H3,(H,16,18). The third-order valence-corrected chi connectivity index (χ3v) is 3.69. The van der Waals surface area contributed by atoms with Gasteiger partial charge in [-0.1, -0.05) is 33.8 Å². The number of nitrogens with one attached hydrogen (secondary N) is 1. The first kappa shape index (κ1) is 13.8. The molecule has 4 heteroatoms. The molecule has 1 N–H and O–H groups in total. The Labute approximate surface area is 115 Å². The minimum atomic E-state index is 0.633. The van der Waals surface area contributed by atoms with Gasteiger partial charge in [0, 0.05) is 12.7 Å². The highest BCUT2D eigenvalue weighted by molar-refractivity contribution is 5.44. The number of anilines is 1. The van der Waals surface area contributed by atoms with Crippen LogP contribution in [-0.2, 0) is 0 Å². The Bertz CT molecular complexity index is 534. The minimum absolute atomic E-state index is 0.633. The number of rotatable bonds is 5. The first-order valence-corrected chi connectivity index (χ1v) is 7.04. The van der Waals surface area contributed by atoms with E-state index in [0.29, 0.717) is 17.8 Å². The van der Waals surface area contributed by atoms with Crippen LogP contribution in [0.3, 0.4) is 0 Å². The lowest BCUT2D eigenvalue weighted by Gasteiger charge is -2.24. The lowest BCUT2D eigenvalue weighted by Crippen LogP contribution is -2.24. The van der Waals surface area contributed by atoms with Crippen molar-refractivity contribution in [2.45, 2.75) is 34.6 Å². The van der Waals surface area contributed by atoms with E-state index in [-0.39, 0.29) is 0 Å². The van der Waals surface area contributed by atoms with Gasteiger partial charge in [-0.2, -0.15) is 4.98 Å². The SMILES string of the molecule is Cc1ccc2nc(NCC(C(C)C)C(C)C)nn2c1. The first-order chi connectivity index (χ1) is 8.97. The molecular formula is C15H24N4. The maximum absolute atomic E-state index is 4.49. The molecule has 0 aliphatic heterocycles. The summed E-state index contributed by atoms with van der Waals surface area (Å²) in [4.78, 5) is 4.49. The van der Waals surface area contributed by atoms with Crippen molar-refractivity contribution in [1.29, 1.82) is 0 Å². The zero-order valence-corrected chi connectivity index (χ0v) is 12.5. The molecular weight excluding hydrogens is 236 g/mol. The molecule has 0 bridgehead atoms. The molecule has 0 aliphatic rings. The zero-order chi connectivity index (χ0) is 14.0. The van der Waals surface area contributed by atoms with Crippen LogP contribution in [0.1, 0.15) is 33.3 Å². The Balaban J connectivity index is 2.09. The summed E-state index contributed by atoms with van der Waals surface area (Å²) in [5, 5.41) is 7.83. The third kappa shape index (κ3) is 3.25. The lowest BCUT2D eigenvalue weighted by molar-refractivity contribution is 0.304. The molecule has 0 fully saturated rings. The van der Waals surface area contributed by atoms with E-state index >= 15 is 0 Å². The van der Waals surface area contributed by atoms with E-state index in [9.17, 15) is 0 Å². The normalized spacial score (nSPS) is 12.0. The molecule has 2 heterocycles. The molecule has 2 aromatic heterocycles. The summed E-state index contributed by atoms with van der Waals surface area (Å²) in [7, 11) is 0. The second-order valence-corrected chi connectivity index (χ2v) is 5.98. The van der Waals surface area contributed by atoms with Crippen molar-refractivity contribution in [3.63, 3.8) is 0 Å². The van der Waals surface area contributed by atoms with Crippen LogP contribution in [0.2, 0.25) is 0 Å². The Morgan fingerprint density at radius 3 is 2.47 bits per heavy atom. The summed E-state index contributed by atoms with van der Waals surface area (Å²) in [5.41, 5.74) is 2.07. The van der Waals surface area contributed by atoms with Gasteiger partial charge in [0.2, 0.25) is 5.95 Å². The van der Waals surface area contributed by atoms with Crippen molar-refractivity contribution in [2.75, 3.05) is 11.9 Å². The van der Waals surface area contributed by atoms with E-state index < -0.39 is 0 Å². The van der Waals surface area contributed by atoms with Crippen LogP contribution in [0, 0.1) is 24.7 Å².